The Balaban J connectivity index is 0.00000169. The van der Waals surface area contributed by atoms with Crippen LogP contribution in [0, 0.1) is 5.92 Å². The maximum Gasteiger partial charge on any atom is 0.323 e. The van der Waals surface area contributed by atoms with Crippen molar-refractivity contribution < 1.29 is 9.53 Å². The van der Waals surface area contributed by atoms with E-state index >= 15 is 0 Å². The van der Waals surface area contributed by atoms with Crippen molar-refractivity contribution in [2.45, 2.75) is 51.7 Å². The monoisotopic (exact) mass is 221 g/mol. The van der Waals surface area contributed by atoms with Gasteiger partial charge < -0.3 is 10.5 Å². The van der Waals surface area contributed by atoms with Crippen molar-refractivity contribution in [3.8, 4) is 0 Å². The molecule has 3 nitrogen and oxygen atoms in total. The average molecular weight is 222 g/mol. The summed E-state index contributed by atoms with van der Waals surface area (Å²) < 4.78 is 5.27. The van der Waals surface area contributed by atoms with Crippen LogP contribution in [-0.2, 0) is 9.53 Å². The largest absolute Gasteiger partial charge is 0.461 e. The van der Waals surface area contributed by atoms with E-state index in [1.54, 1.807) is 0 Å². The van der Waals surface area contributed by atoms with Gasteiger partial charge in [0.15, 0.2) is 0 Å². The molecule has 84 valence electrons. The number of nitrogens with two attached hydrogens (primary N) is 1. The number of carbonyl (C=O) groups excluding carboxylic acids is 1. The molecular weight excluding hydrogens is 202 g/mol. The van der Waals surface area contributed by atoms with Crippen molar-refractivity contribution in [1.29, 1.82) is 0 Å². The molecular formula is C10H20ClNO2. The van der Waals surface area contributed by atoms with Crippen molar-refractivity contribution in [3.05, 3.63) is 0 Å². The molecule has 0 saturated heterocycles. The fourth-order valence-electron chi connectivity index (χ4n) is 1.52. The Morgan fingerprint density at radius 2 is 1.86 bits per heavy atom. The molecule has 0 radical (unpaired) electrons. The Kier molecular flexibility index (Phi) is 6.12. The molecule has 0 aromatic rings. The number of hydrogen-bond donors (Lipinski definition) is 1. The summed E-state index contributed by atoms with van der Waals surface area (Å²) in [6, 6.07) is -0.458. The molecule has 0 bridgehead atoms. The molecule has 4 heteroatoms. The fourth-order valence-corrected chi connectivity index (χ4v) is 1.52. The lowest BCUT2D eigenvalue weighted by Crippen LogP contribution is -2.38. The molecule has 0 aliphatic heterocycles. The van der Waals surface area contributed by atoms with E-state index < -0.39 is 6.04 Å². The van der Waals surface area contributed by atoms with E-state index in [4.69, 9.17) is 10.5 Å². The molecule has 0 amide bonds. The molecule has 1 aliphatic carbocycles. The molecule has 0 aromatic carbocycles. The number of esters is 1. The van der Waals surface area contributed by atoms with Gasteiger partial charge in [-0.15, -0.1) is 12.4 Å². The standard InChI is InChI=1S/C10H19NO2.ClH/c1-7(2)9(11)10(12)13-8-5-3-4-6-8;/h7-9H,3-6,11H2,1-2H3;1H/t9-;/m0./s1. The summed E-state index contributed by atoms with van der Waals surface area (Å²) in [6.07, 6.45) is 4.51. The third-order valence-electron chi connectivity index (χ3n) is 2.58. The topological polar surface area (TPSA) is 52.3 Å². The first-order valence-electron chi connectivity index (χ1n) is 5.07. The van der Waals surface area contributed by atoms with Gasteiger partial charge in [-0.2, -0.15) is 0 Å². The van der Waals surface area contributed by atoms with Gasteiger partial charge in [0.25, 0.3) is 0 Å². The zero-order valence-corrected chi connectivity index (χ0v) is 9.68. The smallest absolute Gasteiger partial charge is 0.323 e. The molecule has 0 heterocycles. The van der Waals surface area contributed by atoms with Crippen LogP contribution in [0.25, 0.3) is 0 Å². The molecule has 0 aromatic heterocycles. The second-order valence-electron chi connectivity index (χ2n) is 4.11. The Morgan fingerprint density at radius 1 is 1.36 bits per heavy atom. The summed E-state index contributed by atoms with van der Waals surface area (Å²) in [5, 5.41) is 0. The van der Waals surface area contributed by atoms with E-state index in [2.05, 4.69) is 0 Å². The Bertz CT molecular complexity index is 179. The van der Waals surface area contributed by atoms with Crippen molar-refractivity contribution in [2.24, 2.45) is 11.7 Å². The van der Waals surface area contributed by atoms with Crippen molar-refractivity contribution >= 4 is 18.4 Å². The van der Waals surface area contributed by atoms with Crippen LogP contribution in [0.2, 0.25) is 0 Å². The maximum atomic E-state index is 11.4. The van der Waals surface area contributed by atoms with Crippen LogP contribution in [0.4, 0.5) is 0 Å². The van der Waals surface area contributed by atoms with Gasteiger partial charge in [0.05, 0.1) is 0 Å². The highest BCUT2D eigenvalue weighted by molar-refractivity contribution is 5.85. The van der Waals surface area contributed by atoms with Crippen LogP contribution in [0.15, 0.2) is 0 Å². The lowest BCUT2D eigenvalue weighted by Gasteiger charge is -2.17. The van der Waals surface area contributed by atoms with Gasteiger partial charge in [0.2, 0.25) is 0 Å². The molecule has 1 saturated carbocycles. The zero-order chi connectivity index (χ0) is 9.84. The summed E-state index contributed by atoms with van der Waals surface area (Å²) in [7, 11) is 0. The van der Waals surface area contributed by atoms with Crippen molar-refractivity contribution in [1.82, 2.24) is 0 Å². The summed E-state index contributed by atoms with van der Waals surface area (Å²) in [6.45, 7) is 3.86. The molecule has 1 rings (SSSR count). The van der Waals surface area contributed by atoms with Crippen molar-refractivity contribution in [3.63, 3.8) is 0 Å². The van der Waals surface area contributed by atoms with Gasteiger partial charge in [-0.3, -0.25) is 4.79 Å². The van der Waals surface area contributed by atoms with Crippen LogP contribution in [-0.4, -0.2) is 18.1 Å². The highest BCUT2D eigenvalue weighted by Crippen LogP contribution is 2.21. The van der Waals surface area contributed by atoms with E-state index in [-0.39, 0.29) is 30.4 Å². The third kappa shape index (κ3) is 3.84. The molecule has 1 aliphatic rings. The second-order valence-corrected chi connectivity index (χ2v) is 4.11. The summed E-state index contributed by atoms with van der Waals surface area (Å²) in [5.41, 5.74) is 5.66. The van der Waals surface area contributed by atoms with Gasteiger partial charge in [0, 0.05) is 0 Å². The quantitative estimate of drug-likeness (QED) is 0.741. The highest BCUT2D eigenvalue weighted by Gasteiger charge is 2.24. The van der Waals surface area contributed by atoms with Crippen LogP contribution in [0.1, 0.15) is 39.5 Å². The Morgan fingerprint density at radius 3 is 2.29 bits per heavy atom. The lowest BCUT2D eigenvalue weighted by molar-refractivity contribution is -0.151. The second kappa shape index (κ2) is 6.25. The number of hydrogen-bond acceptors (Lipinski definition) is 3. The molecule has 0 spiro atoms. The minimum atomic E-state index is -0.458. The number of ether oxygens (including phenoxy) is 1. The summed E-state index contributed by atoms with van der Waals surface area (Å²) in [5.74, 6) is -0.0733. The van der Waals surface area contributed by atoms with Gasteiger partial charge in [-0.25, -0.2) is 0 Å². The number of carbonyl (C=O) groups is 1. The number of rotatable bonds is 3. The van der Waals surface area contributed by atoms with Crippen LogP contribution >= 0.6 is 12.4 Å². The van der Waals surface area contributed by atoms with Gasteiger partial charge in [-0.1, -0.05) is 13.8 Å². The van der Waals surface area contributed by atoms with E-state index in [9.17, 15) is 4.79 Å². The van der Waals surface area contributed by atoms with Gasteiger partial charge >= 0.3 is 5.97 Å². The zero-order valence-electron chi connectivity index (χ0n) is 8.86. The minimum absolute atomic E-state index is 0. The SMILES string of the molecule is CC(C)[C@H](N)C(=O)OC1CCCC1.Cl. The Labute approximate surface area is 91.8 Å². The van der Waals surface area contributed by atoms with E-state index in [1.165, 1.54) is 12.8 Å². The molecule has 14 heavy (non-hydrogen) atoms. The van der Waals surface area contributed by atoms with E-state index in [1.807, 2.05) is 13.8 Å². The number of halogens is 1. The van der Waals surface area contributed by atoms with E-state index in [0.29, 0.717) is 0 Å². The predicted molar refractivity (Wildman–Crippen MR) is 58.4 cm³/mol. The maximum absolute atomic E-state index is 11.4. The van der Waals surface area contributed by atoms with Gasteiger partial charge in [0.1, 0.15) is 12.1 Å². The van der Waals surface area contributed by atoms with Crippen LogP contribution in [0.3, 0.4) is 0 Å². The first-order chi connectivity index (χ1) is 6.11. The molecule has 1 atom stereocenters. The van der Waals surface area contributed by atoms with Crippen LogP contribution in [0.5, 0.6) is 0 Å². The van der Waals surface area contributed by atoms with E-state index in [0.717, 1.165) is 12.8 Å². The molecule has 2 N–H and O–H groups in total. The van der Waals surface area contributed by atoms with Gasteiger partial charge in [-0.05, 0) is 31.6 Å². The normalized spacial score (nSPS) is 19.1. The first kappa shape index (κ1) is 13.7. The van der Waals surface area contributed by atoms with Crippen molar-refractivity contribution in [2.75, 3.05) is 0 Å². The third-order valence-corrected chi connectivity index (χ3v) is 2.58. The molecule has 1 fully saturated rings. The minimum Gasteiger partial charge on any atom is -0.461 e. The first-order valence-corrected chi connectivity index (χ1v) is 5.07. The fraction of sp³-hybridized carbons (Fsp3) is 0.900. The lowest BCUT2D eigenvalue weighted by atomic mass is 10.1. The van der Waals surface area contributed by atoms with Crippen LogP contribution < -0.4 is 5.73 Å². The predicted octanol–water partition coefficient (Wildman–Crippen LogP) is 1.88. The molecule has 0 unspecified atom stereocenters. The average Bonchev–Trinajstić information content (AvgIpc) is 2.55. The Hall–Kier alpha value is -0.280. The summed E-state index contributed by atoms with van der Waals surface area (Å²) >= 11 is 0. The summed E-state index contributed by atoms with van der Waals surface area (Å²) in [4.78, 5) is 11.4. The highest BCUT2D eigenvalue weighted by atomic mass is 35.5.